The number of rotatable bonds is 12. The van der Waals surface area contributed by atoms with Crippen LogP contribution in [-0.2, 0) is 22.7 Å². The molecule has 4 rings (SSSR count). The van der Waals surface area contributed by atoms with Crippen LogP contribution in [0.3, 0.4) is 0 Å². The molecule has 0 fully saturated rings. The summed E-state index contributed by atoms with van der Waals surface area (Å²) in [5, 5.41) is 14.8. The van der Waals surface area contributed by atoms with Gasteiger partial charge in [-0.25, -0.2) is 14.4 Å². The third-order valence-corrected chi connectivity index (χ3v) is 7.92. The van der Waals surface area contributed by atoms with E-state index in [2.05, 4.69) is 20.9 Å². The first-order valence-electron chi connectivity index (χ1n) is 13.5. The zero-order valence-corrected chi connectivity index (χ0v) is 25.8. The van der Waals surface area contributed by atoms with E-state index in [1.54, 1.807) is 30.4 Å². The summed E-state index contributed by atoms with van der Waals surface area (Å²) in [5.41, 5.74) is 4.74. The number of carbonyl (C=O) groups excluding carboxylic acids is 3. The molecule has 226 valence electrons. The Morgan fingerprint density at radius 1 is 1.10 bits per heavy atom. The summed E-state index contributed by atoms with van der Waals surface area (Å²) in [4.78, 5) is 44.4. The van der Waals surface area contributed by atoms with Crippen molar-refractivity contribution in [3.8, 4) is 10.6 Å². The second kappa shape index (κ2) is 15.1. The van der Waals surface area contributed by atoms with E-state index in [9.17, 15) is 18.8 Å². The predicted octanol–water partition coefficient (Wildman–Crippen LogP) is 3.28. The number of nitrogens with zero attached hydrogens (tertiary/aromatic N) is 4. The number of aromatic nitrogens is 1. The van der Waals surface area contributed by atoms with E-state index in [4.69, 9.17) is 0 Å². The smallest absolute Gasteiger partial charge is 0.270 e. The van der Waals surface area contributed by atoms with Crippen LogP contribution in [0.4, 0.5) is 10.1 Å². The molecule has 13 heteroatoms. The van der Waals surface area contributed by atoms with Gasteiger partial charge in [0.2, 0.25) is 5.91 Å². The third kappa shape index (κ3) is 8.03. The van der Waals surface area contributed by atoms with Crippen LogP contribution < -0.4 is 16.0 Å². The molecule has 0 unspecified atom stereocenters. The SMILES string of the molecule is CCNCCN(CC(=O)N(C)N1Cc2ccc(F)cc2C1)C(=O)CNc1cc(-c2nc(C(=O)NC)cs2)ccc1C.Cl. The lowest BCUT2D eigenvalue weighted by atomic mass is 10.1. The van der Waals surface area contributed by atoms with Crippen molar-refractivity contribution >= 4 is 47.2 Å². The van der Waals surface area contributed by atoms with Gasteiger partial charge in [0.05, 0.1) is 6.54 Å². The first kappa shape index (κ1) is 32.9. The topological polar surface area (TPSA) is 110 Å². The maximum absolute atomic E-state index is 13.7. The quantitative estimate of drug-likeness (QED) is 0.268. The minimum atomic E-state index is -0.298. The summed E-state index contributed by atoms with van der Waals surface area (Å²) >= 11 is 1.37. The van der Waals surface area contributed by atoms with Gasteiger partial charge in [-0.15, -0.1) is 23.7 Å². The van der Waals surface area contributed by atoms with Gasteiger partial charge < -0.3 is 20.9 Å². The van der Waals surface area contributed by atoms with Gasteiger partial charge in [-0.2, -0.15) is 0 Å². The van der Waals surface area contributed by atoms with Crippen LogP contribution in [0.2, 0.25) is 0 Å². The van der Waals surface area contributed by atoms with Crippen LogP contribution in [0.1, 0.15) is 34.1 Å². The third-order valence-electron chi connectivity index (χ3n) is 7.03. The number of fused-ring (bicyclic) bond motifs is 1. The molecule has 0 aliphatic carbocycles. The molecular formula is C29H37ClFN7O3S. The number of likely N-dealkylation sites (N-methyl/N-ethyl adjacent to an activating group) is 2. The van der Waals surface area contributed by atoms with E-state index in [0.29, 0.717) is 36.9 Å². The van der Waals surface area contributed by atoms with Crippen molar-refractivity contribution in [3.63, 3.8) is 0 Å². The minimum Gasteiger partial charge on any atom is -0.376 e. The molecule has 2 aromatic carbocycles. The molecule has 10 nitrogen and oxygen atoms in total. The summed E-state index contributed by atoms with van der Waals surface area (Å²) in [6.45, 7) is 6.46. The molecule has 3 amide bonds. The van der Waals surface area contributed by atoms with Crippen molar-refractivity contribution in [3.05, 3.63) is 70.0 Å². The molecule has 0 saturated carbocycles. The van der Waals surface area contributed by atoms with E-state index in [1.165, 1.54) is 28.5 Å². The second-order valence-corrected chi connectivity index (χ2v) is 10.7. The van der Waals surface area contributed by atoms with Gasteiger partial charge in [0, 0.05) is 56.9 Å². The monoisotopic (exact) mass is 617 g/mol. The molecule has 42 heavy (non-hydrogen) atoms. The number of aryl methyl sites for hydroxylation is 1. The highest BCUT2D eigenvalue weighted by molar-refractivity contribution is 7.13. The molecular weight excluding hydrogens is 581 g/mol. The molecule has 1 aromatic heterocycles. The molecule has 0 bridgehead atoms. The Morgan fingerprint density at radius 3 is 2.60 bits per heavy atom. The number of hydrogen-bond acceptors (Lipinski definition) is 8. The number of benzene rings is 2. The number of nitrogens with one attached hydrogen (secondary N) is 3. The Kier molecular flexibility index (Phi) is 11.8. The van der Waals surface area contributed by atoms with Gasteiger partial charge in [0.25, 0.3) is 11.8 Å². The predicted molar refractivity (Wildman–Crippen MR) is 165 cm³/mol. The van der Waals surface area contributed by atoms with Crippen molar-refractivity contribution in [1.82, 2.24) is 30.5 Å². The summed E-state index contributed by atoms with van der Waals surface area (Å²) in [6.07, 6.45) is 0. The van der Waals surface area contributed by atoms with Gasteiger partial charge in [-0.3, -0.25) is 19.4 Å². The van der Waals surface area contributed by atoms with Crippen molar-refractivity contribution in [2.24, 2.45) is 0 Å². The number of hydrazine groups is 1. The molecule has 1 aliphatic heterocycles. The average molecular weight is 618 g/mol. The van der Waals surface area contributed by atoms with Crippen LogP contribution in [-0.4, -0.2) is 84.4 Å². The van der Waals surface area contributed by atoms with E-state index >= 15 is 0 Å². The Balaban J connectivity index is 0.00000484. The van der Waals surface area contributed by atoms with Gasteiger partial charge in [-0.05, 0) is 48.4 Å². The molecule has 1 aliphatic rings. The van der Waals surface area contributed by atoms with Crippen LogP contribution >= 0.6 is 23.7 Å². The summed E-state index contributed by atoms with van der Waals surface area (Å²) in [5.74, 6) is -0.979. The fourth-order valence-corrected chi connectivity index (χ4v) is 5.33. The lowest BCUT2D eigenvalue weighted by Crippen LogP contribution is -2.49. The van der Waals surface area contributed by atoms with Crippen molar-refractivity contribution in [1.29, 1.82) is 0 Å². The number of thiazole rings is 1. The molecule has 0 spiro atoms. The van der Waals surface area contributed by atoms with Crippen molar-refractivity contribution in [2.45, 2.75) is 26.9 Å². The van der Waals surface area contributed by atoms with E-state index in [-0.39, 0.29) is 49.0 Å². The molecule has 0 atom stereocenters. The first-order chi connectivity index (χ1) is 19.7. The second-order valence-electron chi connectivity index (χ2n) is 9.82. The Hall–Kier alpha value is -3.58. The highest BCUT2D eigenvalue weighted by Gasteiger charge is 2.27. The maximum atomic E-state index is 13.7. The average Bonchev–Trinajstić information content (AvgIpc) is 3.63. The maximum Gasteiger partial charge on any atom is 0.270 e. The fourth-order valence-electron chi connectivity index (χ4n) is 4.53. The summed E-state index contributed by atoms with van der Waals surface area (Å²) in [7, 11) is 3.24. The number of hydrogen-bond donors (Lipinski definition) is 3. The van der Waals surface area contributed by atoms with Gasteiger partial charge in [0.15, 0.2) is 0 Å². The largest absolute Gasteiger partial charge is 0.376 e. The fraction of sp³-hybridized carbons (Fsp3) is 0.379. The number of amides is 3. The van der Waals surface area contributed by atoms with Gasteiger partial charge in [0.1, 0.15) is 23.1 Å². The lowest BCUT2D eigenvalue weighted by Gasteiger charge is -2.31. The first-order valence-corrected chi connectivity index (χ1v) is 14.4. The number of halogens is 2. The highest BCUT2D eigenvalue weighted by Crippen LogP contribution is 2.28. The number of anilines is 1. The van der Waals surface area contributed by atoms with Crippen LogP contribution in [0, 0.1) is 12.7 Å². The summed E-state index contributed by atoms with van der Waals surface area (Å²) in [6, 6.07) is 10.4. The highest BCUT2D eigenvalue weighted by atomic mass is 35.5. The zero-order chi connectivity index (χ0) is 29.5. The van der Waals surface area contributed by atoms with Crippen molar-refractivity contribution < 1.29 is 18.8 Å². The zero-order valence-electron chi connectivity index (χ0n) is 24.2. The lowest BCUT2D eigenvalue weighted by molar-refractivity contribution is -0.151. The molecule has 2 heterocycles. The van der Waals surface area contributed by atoms with E-state index in [0.717, 1.165) is 34.5 Å². The Labute approximate surface area is 255 Å². The van der Waals surface area contributed by atoms with Crippen LogP contribution in [0.25, 0.3) is 10.6 Å². The van der Waals surface area contributed by atoms with Crippen molar-refractivity contribution in [2.75, 3.05) is 52.1 Å². The Bertz CT molecular complexity index is 1420. The molecule has 0 saturated heterocycles. The van der Waals surface area contributed by atoms with E-state index in [1.807, 2.05) is 37.1 Å². The van der Waals surface area contributed by atoms with Crippen LogP contribution in [0.15, 0.2) is 41.8 Å². The summed E-state index contributed by atoms with van der Waals surface area (Å²) < 4.78 is 13.7. The standard InChI is InChI=1S/C29H36FN7O3S.ClH/c1-5-32-10-11-36(17-27(39)35(4)37-15-21-8-9-23(30)12-22(21)16-37)26(38)14-33-24-13-20(7-6-19(24)2)29-34-25(18-41-29)28(40)31-3;/h6-9,12-13,18,32-33H,5,10-11,14-17H2,1-4H3,(H,31,40);1H. The molecule has 3 aromatic rings. The van der Waals surface area contributed by atoms with Gasteiger partial charge in [-0.1, -0.05) is 25.1 Å². The number of carbonyl (C=O) groups is 3. The minimum absolute atomic E-state index is 0. The molecule has 0 radical (unpaired) electrons. The van der Waals surface area contributed by atoms with E-state index < -0.39 is 0 Å². The van der Waals surface area contributed by atoms with Crippen LogP contribution in [0.5, 0.6) is 0 Å². The molecule has 3 N–H and O–H groups in total. The van der Waals surface area contributed by atoms with Gasteiger partial charge >= 0.3 is 0 Å². The normalized spacial score (nSPS) is 12.3. The Morgan fingerprint density at radius 2 is 1.86 bits per heavy atom.